The van der Waals surface area contributed by atoms with Crippen molar-refractivity contribution in [3.63, 3.8) is 0 Å². The van der Waals surface area contributed by atoms with Gasteiger partial charge in [-0.25, -0.2) is 4.79 Å². The molecule has 0 unspecified atom stereocenters. The van der Waals surface area contributed by atoms with Crippen LogP contribution in [0.5, 0.6) is 0 Å². The molecule has 23 heavy (non-hydrogen) atoms. The first-order chi connectivity index (χ1) is 10.7. The molecule has 0 aromatic carbocycles. The Balaban J connectivity index is 1.97. The van der Waals surface area contributed by atoms with Crippen molar-refractivity contribution in [1.29, 1.82) is 0 Å². The highest BCUT2D eigenvalue weighted by Gasteiger charge is 2.41. The molecule has 1 saturated heterocycles. The van der Waals surface area contributed by atoms with E-state index < -0.39 is 17.5 Å². The largest absolute Gasteiger partial charge is 0.446 e. The van der Waals surface area contributed by atoms with E-state index in [0.29, 0.717) is 24.2 Å². The summed E-state index contributed by atoms with van der Waals surface area (Å²) in [5.74, 6) is 0.568. The summed E-state index contributed by atoms with van der Waals surface area (Å²) in [4.78, 5) is 35.5. The highest BCUT2D eigenvalue weighted by atomic mass is 16.6. The van der Waals surface area contributed by atoms with Crippen LogP contribution >= 0.6 is 0 Å². The summed E-state index contributed by atoms with van der Waals surface area (Å²) >= 11 is 0. The SMILES string of the molecule is CC(C)[C@H]1CC[C@H](C)C[C@@H]1OC(=O)N[C@@]1(C)CCC(=O)NC1=O. The van der Waals surface area contributed by atoms with Crippen molar-refractivity contribution in [3.05, 3.63) is 0 Å². The summed E-state index contributed by atoms with van der Waals surface area (Å²) in [5, 5.41) is 4.93. The lowest BCUT2D eigenvalue weighted by atomic mass is 9.75. The topological polar surface area (TPSA) is 84.5 Å². The van der Waals surface area contributed by atoms with Crippen LogP contribution < -0.4 is 10.6 Å². The fourth-order valence-corrected chi connectivity index (χ4v) is 3.57. The average Bonchev–Trinajstić information content (AvgIpc) is 2.43. The minimum atomic E-state index is -1.08. The molecule has 0 bridgehead atoms. The van der Waals surface area contributed by atoms with Crippen LogP contribution in [0.3, 0.4) is 0 Å². The second-order valence-electron chi connectivity index (χ2n) is 7.60. The van der Waals surface area contributed by atoms with E-state index in [0.717, 1.165) is 19.3 Å². The molecule has 4 atom stereocenters. The van der Waals surface area contributed by atoms with Gasteiger partial charge in [0.1, 0.15) is 11.6 Å². The molecule has 2 N–H and O–H groups in total. The van der Waals surface area contributed by atoms with Crippen molar-refractivity contribution in [1.82, 2.24) is 10.6 Å². The van der Waals surface area contributed by atoms with Crippen molar-refractivity contribution in [2.24, 2.45) is 17.8 Å². The summed E-state index contributed by atoms with van der Waals surface area (Å²) in [6, 6.07) is 0. The first-order valence-corrected chi connectivity index (χ1v) is 8.54. The van der Waals surface area contributed by atoms with Gasteiger partial charge in [0.05, 0.1) is 0 Å². The number of ether oxygens (including phenoxy) is 1. The van der Waals surface area contributed by atoms with Crippen LogP contribution in [-0.4, -0.2) is 29.6 Å². The quantitative estimate of drug-likeness (QED) is 0.781. The second-order valence-corrected chi connectivity index (χ2v) is 7.60. The van der Waals surface area contributed by atoms with Crippen LogP contribution in [0, 0.1) is 17.8 Å². The third-order valence-electron chi connectivity index (χ3n) is 5.20. The lowest BCUT2D eigenvalue weighted by Crippen LogP contribution is -2.61. The number of hydrogen-bond donors (Lipinski definition) is 2. The molecule has 3 amide bonds. The van der Waals surface area contributed by atoms with Gasteiger partial charge >= 0.3 is 6.09 Å². The summed E-state index contributed by atoms with van der Waals surface area (Å²) in [5.41, 5.74) is -1.08. The summed E-state index contributed by atoms with van der Waals surface area (Å²) < 4.78 is 5.66. The zero-order chi connectivity index (χ0) is 17.2. The van der Waals surface area contributed by atoms with Crippen molar-refractivity contribution in [2.45, 2.75) is 71.4 Å². The number of hydrogen-bond acceptors (Lipinski definition) is 4. The molecule has 0 radical (unpaired) electrons. The molecule has 1 saturated carbocycles. The van der Waals surface area contributed by atoms with Crippen LogP contribution in [0.25, 0.3) is 0 Å². The van der Waals surface area contributed by atoms with Crippen molar-refractivity contribution < 1.29 is 19.1 Å². The van der Waals surface area contributed by atoms with E-state index >= 15 is 0 Å². The Bertz CT molecular complexity index is 491. The molecular formula is C17H28N2O4. The Labute approximate surface area is 137 Å². The Morgan fingerprint density at radius 1 is 1.35 bits per heavy atom. The lowest BCUT2D eigenvalue weighted by molar-refractivity contribution is -0.138. The van der Waals surface area contributed by atoms with Crippen molar-refractivity contribution >= 4 is 17.9 Å². The number of imide groups is 1. The van der Waals surface area contributed by atoms with Crippen LogP contribution in [0.2, 0.25) is 0 Å². The molecule has 0 aromatic rings. The van der Waals surface area contributed by atoms with Crippen LogP contribution in [0.15, 0.2) is 0 Å². The Morgan fingerprint density at radius 2 is 2.04 bits per heavy atom. The maximum absolute atomic E-state index is 12.3. The molecule has 130 valence electrons. The fourth-order valence-electron chi connectivity index (χ4n) is 3.57. The number of amides is 3. The van der Waals surface area contributed by atoms with Gasteiger partial charge in [-0.15, -0.1) is 0 Å². The van der Waals surface area contributed by atoms with E-state index in [-0.39, 0.29) is 18.4 Å². The Hall–Kier alpha value is -1.59. The van der Waals surface area contributed by atoms with Gasteiger partial charge in [-0.2, -0.15) is 0 Å². The molecule has 0 spiro atoms. The molecule has 0 aromatic heterocycles. The summed E-state index contributed by atoms with van der Waals surface area (Å²) in [6.07, 6.45) is 2.91. The zero-order valence-corrected chi connectivity index (χ0v) is 14.5. The van der Waals surface area contributed by atoms with Gasteiger partial charge in [-0.1, -0.05) is 27.2 Å². The smallest absolute Gasteiger partial charge is 0.408 e. The van der Waals surface area contributed by atoms with Crippen LogP contribution in [-0.2, 0) is 14.3 Å². The van der Waals surface area contributed by atoms with E-state index in [9.17, 15) is 14.4 Å². The van der Waals surface area contributed by atoms with Crippen molar-refractivity contribution in [3.8, 4) is 0 Å². The third-order valence-corrected chi connectivity index (χ3v) is 5.20. The van der Waals surface area contributed by atoms with Gasteiger partial charge in [-0.3, -0.25) is 14.9 Å². The van der Waals surface area contributed by atoms with E-state index in [2.05, 4.69) is 31.4 Å². The molecule has 1 heterocycles. The van der Waals surface area contributed by atoms with Crippen LogP contribution in [0.4, 0.5) is 4.79 Å². The highest BCUT2D eigenvalue weighted by molar-refractivity contribution is 6.03. The molecule has 2 aliphatic rings. The predicted molar refractivity (Wildman–Crippen MR) is 85.5 cm³/mol. The average molecular weight is 324 g/mol. The van der Waals surface area contributed by atoms with E-state index in [1.54, 1.807) is 6.92 Å². The molecule has 2 rings (SSSR count). The minimum absolute atomic E-state index is 0.115. The van der Waals surface area contributed by atoms with Crippen molar-refractivity contribution in [2.75, 3.05) is 0 Å². The zero-order valence-electron chi connectivity index (χ0n) is 14.5. The number of carbonyl (C=O) groups excluding carboxylic acids is 3. The molecule has 2 fully saturated rings. The number of carbonyl (C=O) groups is 3. The maximum Gasteiger partial charge on any atom is 0.408 e. The predicted octanol–water partition coefficient (Wildman–Crippen LogP) is 2.37. The van der Waals surface area contributed by atoms with Gasteiger partial charge in [0.15, 0.2) is 0 Å². The Kier molecular flexibility index (Phi) is 5.32. The van der Waals surface area contributed by atoms with E-state index in [1.807, 2.05) is 0 Å². The summed E-state index contributed by atoms with van der Waals surface area (Å²) in [7, 11) is 0. The number of alkyl carbamates (subject to hydrolysis) is 1. The van der Waals surface area contributed by atoms with Gasteiger partial charge in [0.2, 0.25) is 5.91 Å². The number of rotatable bonds is 3. The number of piperidine rings is 1. The molecular weight excluding hydrogens is 296 g/mol. The van der Waals surface area contributed by atoms with E-state index in [1.165, 1.54) is 0 Å². The first kappa shape index (κ1) is 17.8. The van der Waals surface area contributed by atoms with Gasteiger partial charge in [0, 0.05) is 6.42 Å². The lowest BCUT2D eigenvalue weighted by Gasteiger charge is -2.38. The third kappa shape index (κ3) is 4.24. The van der Waals surface area contributed by atoms with Crippen LogP contribution in [0.1, 0.15) is 59.8 Å². The standard InChI is InChI=1S/C17H28N2O4/c1-10(2)12-6-5-11(3)9-13(12)23-16(22)19-17(4)8-7-14(20)18-15(17)21/h10-13H,5-9H2,1-4H3,(H,19,22)(H,18,20,21)/t11-,12+,13-,17-/m0/s1. The van der Waals surface area contributed by atoms with E-state index in [4.69, 9.17) is 4.74 Å². The molecule has 6 nitrogen and oxygen atoms in total. The van der Waals surface area contributed by atoms with Gasteiger partial charge in [-0.05, 0) is 43.9 Å². The second kappa shape index (κ2) is 6.89. The summed E-state index contributed by atoms with van der Waals surface area (Å²) in [6.45, 7) is 8.10. The maximum atomic E-state index is 12.3. The monoisotopic (exact) mass is 324 g/mol. The first-order valence-electron chi connectivity index (χ1n) is 8.54. The van der Waals surface area contributed by atoms with Gasteiger partial charge < -0.3 is 10.1 Å². The highest BCUT2D eigenvalue weighted by Crippen LogP contribution is 2.35. The normalized spacial score (nSPS) is 34.9. The molecule has 1 aliphatic carbocycles. The molecule has 6 heteroatoms. The minimum Gasteiger partial charge on any atom is -0.446 e. The number of nitrogens with one attached hydrogen (secondary N) is 2. The van der Waals surface area contributed by atoms with Gasteiger partial charge in [0.25, 0.3) is 5.91 Å². The molecule has 1 aliphatic heterocycles. The fraction of sp³-hybridized carbons (Fsp3) is 0.824. The Morgan fingerprint density at radius 3 is 2.65 bits per heavy atom.